The molecule has 0 aliphatic carbocycles. The maximum Gasteiger partial charge on any atom is 0.205 e. The van der Waals surface area contributed by atoms with Gasteiger partial charge in [-0.2, -0.15) is 0 Å². The molecule has 1 aromatic carbocycles. The molecule has 19 heavy (non-hydrogen) atoms. The first-order chi connectivity index (χ1) is 9.04. The third-order valence-electron chi connectivity index (χ3n) is 2.49. The van der Waals surface area contributed by atoms with Crippen LogP contribution in [0, 0.1) is 11.7 Å². The van der Waals surface area contributed by atoms with Crippen LogP contribution in [0.2, 0.25) is 5.02 Å². The summed E-state index contributed by atoms with van der Waals surface area (Å²) in [5.74, 6) is 0.233. The van der Waals surface area contributed by atoms with Crippen molar-refractivity contribution in [1.29, 1.82) is 0 Å². The highest BCUT2D eigenvalue weighted by molar-refractivity contribution is 7.15. The summed E-state index contributed by atoms with van der Waals surface area (Å²) in [5.41, 5.74) is 0.837. The Morgan fingerprint density at radius 1 is 1.37 bits per heavy atom. The fourth-order valence-electron chi connectivity index (χ4n) is 1.59. The maximum absolute atomic E-state index is 12.9. The van der Waals surface area contributed by atoms with Crippen LogP contribution in [0.5, 0.6) is 0 Å². The van der Waals surface area contributed by atoms with Crippen molar-refractivity contribution in [2.75, 3.05) is 5.32 Å². The van der Waals surface area contributed by atoms with Crippen molar-refractivity contribution in [2.45, 2.75) is 26.8 Å². The normalized spacial score (nSPS) is 11.0. The van der Waals surface area contributed by atoms with Gasteiger partial charge in [0.05, 0.1) is 0 Å². The molecule has 102 valence electrons. The first kappa shape index (κ1) is 14.2. The Bertz CT molecular complexity index is 557. The molecule has 0 atom stereocenters. The Hall–Kier alpha value is -1.20. The van der Waals surface area contributed by atoms with Crippen LogP contribution >= 0.6 is 22.9 Å². The van der Waals surface area contributed by atoms with Crippen molar-refractivity contribution in [3.05, 3.63) is 39.6 Å². The van der Waals surface area contributed by atoms with E-state index >= 15 is 0 Å². The van der Waals surface area contributed by atoms with Gasteiger partial charge in [0, 0.05) is 18.0 Å². The first-order valence-corrected chi connectivity index (χ1v) is 7.24. The molecular weight excluding hydrogens is 285 g/mol. The van der Waals surface area contributed by atoms with Crippen LogP contribution in [0.3, 0.4) is 0 Å². The predicted molar refractivity (Wildman–Crippen MR) is 77.2 cm³/mol. The van der Waals surface area contributed by atoms with Crippen molar-refractivity contribution < 1.29 is 4.39 Å². The van der Waals surface area contributed by atoms with Gasteiger partial charge >= 0.3 is 0 Å². The summed E-state index contributed by atoms with van der Waals surface area (Å²) in [6, 6.07) is 4.37. The molecule has 1 aromatic heterocycles. The molecule has 0 saturated carbocycles. The zero-order valence-electron chi connectivity index (χ0n) is 10.8. The quantitative estimate of drug-likeness (QED) is 0.901. The number of hydrogen-bond donors (Lipinski definition) is 1. The molecule has 0 radical (unpaired) electrons. The lowest BCUT2D eigenvalue weighted by Crippen LogP contribution is -1.99. The molecule has 0 bridgehead atoms. The first-order valence-electron chi connectivity index (χ1n) is 6.05. The van der Waals surface area contributed by atoms with Crippen LogP contribution in [0.4, 0.5) is 9.52 Å². The van der Waals surface area contributed by atoms with E-state index in [9.17, 15) is 4.39 Å². The number of hydrogen-bond acceptors (Lipinski definition) is 4. The summed E-state index contributed by atoms with van der Waals surface area (Å²) in [5, 5.41) is 13.5. The van der Waals surface area contributed by atoms with E-state index < -0.39 is 0 Å². The minimum atomic E-state index is -0.330. The number of nitrogens with zero attached hydrogens (tertiary/aromatic N) is 2. The Morgan fingerprint density at radius 3 is 2.84 bits per heavy atom. The molecule has 1 heterocycles. The summed E-state index contributed by atoms with van der Waals surface area (Å²) in [4.78, 5) is 0. The molecule has 0 unspecified atom stereocenters. The van der Waals surface area contributed by atoms with Crippen LogP contribution in [0.1, 0.15) is 24.4 Å². The van der Waals surface area contributed by atoms with Crippen LogP contribution in [0.15, 0.2) is 18.2 Å². The van der Waals surface area contributed by atoms with Crippen LogP contribution < -0.4 is 5.32 Å². The number of aromatic nitrogens is 2. The molecule has 0 aliphatic heterocycles. The molecule has 0 amide bonds. The van der Waals surface area contributed by atoms with E-state index in [4.69, 9.17) is 11.6 Å². The van der Waals surface area contributed by atoms with Gasteiger partial charge in [0.15, 0.2) is 0 Å². The number of halogens is 2. The molecule has 6 heteroatoms. The van der Waals surface area contributed by atoms with Crippen molar-refractivity contribution in [3.63, 3.8) is 0 Å². The van der Waals surface area contributed by atoms with Gasteiger partial charge in [-0.25, -0.2) is 4.39 Å². The predicted octanol–water partition coefficient (Wildman–Crippen LogP) is 4.14. The van der Waals surface area contributed by atoms with Crippen molar-refractivity contribution >= 4 is 28.1 Å². The zero-order valence-corrected chi connectivity index (χ0v) is 12.4. The topological polar surface area (TPSA) is 37.8 Å². The van der Waals surface area contributed by atoms with E-state index in [-0.39, 0.29) is 5.82 Å². The average molecular weight is 300 g/mol. The van der Waals surface area contributed by atoms with Gasteiger partial charge in [-0.1, -0.05) is 42.9 Å². The van der Waals surface area contributed by atoms with Crippen LogP contribution in [0.25, 0.3) is 0 Å². The van der Waals surface area contributed by atoms with Gasteiger partial charge < -0.3 is 5.32 Å². The standard InChI is InChI=1S/C13H15ClFN3S/c1-8(2)5-12-17-18-13(19-12)16-7-9-3-4-10(15)6-11(9)14/h3-4,6,8H,5,7H2,1-2H3,(H,16,18). The van der Waals surface area contributed by atoms with Crippen LogP contribution in [-0.4, -0.2) is 10.2 Å². The van der Waals surface area contributed by atoms with Crippen molar-refractivity contribution in [2.24, 2.45) is 5.92 Å². The lowest BCUT2D eigenvalue weighted by molar-refractivity contribution is 0.627. The third kappa shape index (κ3) is 4.14. The Kier molecular flexibility index (Phi) is 4.71. The summed E-state index contributed by atoms with van der Waals surface area (Å²) in [6.07, 6.45) is 0.927. The number of rotatable bonds is 5. The summed E-state index contributed by atoms with van der Waals surface area (Å²) in [7, 11) is 0. The van der Waals surface area contributed by atoms with Crippen molar-refractivity contribution in [3.8, 4) is 0 Å². The zero-order chi connectivity index (χ0) is 13.8. The Balaban J connectivity index is 1.96. The van der Waals surface area contributed by atoms with Gasteiger partial charge in [-0.05, 0) is 23.6 Å². The van der Waals surface area contributed by atoms with Gasteiger partial charge in [-0.3, -0.25) is 0 Å². The number of anilines is 1. The molecule has 2 rings (SSSR count). The fourth-order valence-corrected chi connectivity index (χ4v) is 2.77. The largest absolute Gasteiger partial charge is 0.356 e. The summed E-state index contributed by atoms with van der Waals surface area (Å²) in [6.45, 7) is 4.80. The second kappa shape index (κ2) is 6.30. The molecule has 0 spiro atoms. The average Bonchev–Trinajstić information content (AvgIpc) is 2.74. The van der Waals surface area contributed by atoms with E-state index in [1.807, 2.05) is 0 Å². The summed E-state index contributed by atoms with van der Waals surface area (Å²) < 4.78 is 12.9. The third-order valence-corrected chi connectivity index (χ3v) is 3.75. The Morgan fingerprint density at radius 2 is 2.16 bits per heavy atom. The second-order valence-electron chi connectivity index (χ2n) is 4.69. The maximum atomic E-state index is 12.9. The highest BCUT2D eigenvalue weighted by Crippen LogP contribution is 2.21. The van der Waals surface area contributed by atoms with Gasteiger partial charge in [-0.15, -0.1) is 10.2 Å². The molecule has 0 fully saturated rings. The van der Waals surface area contributed by atoms with Gasteiger partial charge in [0.1, 0.15) is 10.8 Å². The lowest BCUT2D eigenvalue weighted by atomic mass is 10.1. The summed E-state index contributed by atoms with van der Waals surface area (Å²) >= 11 is 7.50. The fraction of sp³-hybridized carbons (Fsp3) is 0.385. The number of benzene rings is 1. The lowest BCUT2D eigenvalue weighted by Gasteiger charge is -2.04. The molecule has 1 N–H and O–H groups in total. The second-order valence-corrected chi connectivity index (χ2v) is 6.16. The SMILES string of the molecule is CC(C)Cc1nnc(NCc2ccc(F)cc2Cl)s1. The van der Waals surface area contributed by atoms with Gasteiger partial charge in [0.2, 0.25) is 5.13 Å². The molecular formula is C13H15ClFN3S. The molecule has 3 nitrogen and oxygen atoms in total. The smallest absolute Gasteiger partial charge is 0.205 e. The molecule has 2 aromatic rings. The highest BCUT2D eigenvalue weighted by atomic mass is 35.5. The van der Waals surface area contributed by atoms with Crippen molar-refractivity contribution in [1.82, 2.24) is 10.2 Å². The van der Waals surface area contributed by atoms with E-state index in [2.05, 4.69) is 29.4 Å². The van der Waals surface area contributed by atoms with E-state index in [0.29, 0.717) is 17.5 Å². The Labute approximate surface area is 120 Å². The number of nitrogens with one attached hydrogen (secondary N) is 1. The minimum absolute atomic E-state index is 0.330. The van der Waals surface area contributed by atoms with Gasteiger partial charge in [0.25, 0.3) is 0 Å². The molecule has 0 saturated heterocycles. The highest BCUT2D eigenvalue weighted by Gasteiger charge is 2.07. The molecule has 0 aliphatic rings. The minimum Gasteiger partial charge on any atom is -0.356 e. The monoisotopic (exact) mass is 299 g/mol. The van der Waals surface area contributed by atoms with Crippen LogP contribution in [-0.2, 0) is 13.0 Å². The van der Waals surface area contributed by atoms with E-state index in [1.54, 1.807) is 6.07 Å². The van der Waals surface area contributed by atoms with E-state index in [1.165, 1.54) is 23.5 Å². The van der Waals surface area contributed by atoms with E-state index in [0.717, 1.165) is 22.1 Å².